The lowest BCUT2D eigenvalue weighted by Gasteiger charge is -2.19. The Morgan fingerprint density at radius 1 is 0.317 bits per heavy atom. The average Bonchev–Trinajstić information content (AvgIpc) is 3.43. The highest BCUT2D eigenvalue weighted by Gasteiger charge is 2.21. The number of hydrogen-bond donors (Lipinski definition) is 0. The van der Waals surface area contributed by atoms with Crippen LogP contribution in [0.25, 0.3) is 87.3 Å². The van der Waals surface area contributed by atoms with Crippen molar-refractivity contribution in [2.75, 3.05) is 0 Å². The van der Waals surface area contributed by atoms with Crippen LogP contribution in [0.1, 0.15) is 0 Å². The standard InChI is InChI=1S/C40H24O/c1-2-13-26(14-3-1)37-29-17-7-9-19-31(29)38(32-20-10-8-18-30(32)37)35-24-36-34-23-22-25-12-4-5-15-27(25)39(34)41-40(36)33-21-11-6-16-28(33)35/h1-24H. The van der Waals surface area contributed by atoms with E-state index in [0.29, 0.717) is 0 Å². The first-order valence-electron chi connectivity index (χ1n) is 14.1. The predicted octanol–water partition coefficient (Wildman–Crippen LogP) is 11.5. The third-order valence-corrected chi connectivity index (χ3v) is 8.63. The van der Waals surface area contributed by atoms with Crippen LogP contribution >= 0.6 is 0 Å². The summed E-state index contributed by atoms with van der Waals surface area (Å²) < 4.78 is 6.72. The van der Waals surface area contributed by atoms with Gasteiger partial charge in [0.15, 0.2) is 0 Å². The second kappa shape index (κ2) is 8.55. The van der Waals surface area contributed by atoms with E-state index in [-0.39, 0.29) is 0 Å². The van der Waals surface area contributed by atoms with E-state index in [9.17, 15) is 0 Å². The lowest BCUT2D eigenvalue weighted by atomic mass is 9.84. The van der Waals surface area contributed by atoms with Crippen LogP contribution in [-0.2, 0) is 0 Å². The zero-order valence-electron chi connectivity index (χ0n) is 22.3. The Labute approximate surface area is 236 Å². The van der Waals surface area contributed by atoms with Crippen LogP contribution in [0.5, 0.6) is 0 Å². The van der Waals surface area contributed by atoms with Gasteiger partial charge < -0.3 is 4.42 Å². The largest absolute Gasteiger partial charge is 0.455 e. The zero-order valence-corrected chi connectivity index (χ0v) is 22.3. The van der Waals surface area contributed by atoms with Crippen LogP contribution in [0, 0.1) is 0 Å². The summed E-state index contributed by atoms with van der Waals surface area (Å²) in [7, 11) is 0. The first kappa shape index (κ1) is 22.4. The number of furan rings is 1. The maximum absolute atomic E-state index is 6.72. The molecule has 0 unspecified atom stereocenters. The molecular weight excluding hydrogens is 496 g/mol. The molecule has 0 bridgehead atoms. The first-order chi connectivity index (χ1) is 20.4. The third kappa shape index (κ3) is 3.18. The normalized spacial score (nSPS) is 11.9. The van der Waals surface area contributed by atoms with E-state index >= 15 is 0 Å². The third-order valence-electron chi connectivity index (χ3n) is 8.63. The van der Waals surface area contributed by atoms with E-state index in [4.69, 9.17) is 4.42 Å². The van der Waals surface area contributed by atoms with Crippen molar-refractivity contribution in [3.63, 3.8) is 0 Å². The Morgan fingerprint density at radius 2 is 0.805 bits per heavy atom. The molecule has 0 aliphatic rings. The SMILES string of the molecule is c1ccc(-c2c3ccccc3c(-c3cc4c5ccc6ccccc6c5oc4c4ccccc34)c3ccccc23)cc1. The molecule has 0 N–H and O–H groups in total. The average molecular weight is 521 g/mol. The number of hydrogen-bond acceptors (Lipinski definition) is 1. The van der Waals surface area contributed by atoms with Gasteiger partial charge in [-0.2, -0.15) is 0 Å². The fourth-order valence-corrected chi connectivity index (χ4v) is 6.87. The highest BCUT2D eigenvalue weighted by molar-refractivity contribution is 6.28. The molecule has 1 nitrogen and oxygen atoms in total. The van der Waals surface area contributed by atoms with Gasteiger partial charge in [0.2, 0.25) is 0 Å². The van der Waals surface area contributed by atoms with Crippen molar-refractivity contribution >= 4 is 65.0 Å². The highest BCUT2D eigenvalue weighted by Crippen LogP contribution is 2.48. The maximum atomic E-state index is 6.72. The fourth-order valence-electron chi connectivity index (χ4n) is 6.87. The molecule has 0 atom stereocenters. The molecular formula is C40H24O. The van der Waals surface area contributed by atoms with Gasteiger partial charge >= 0.3 is 0 Å². The molecule has 0 aliphatic heterocycles. The van der Waals surface area contributed by atoms with Crippen LogP contribution in [0.3, 0.4) is 0 Å². The minimum absolute atomic E-state index is 0.949. The topological polar surface area (TPSA) is 13.1 Å². The molecule has 9 rings (SSSR count). The Bertz CT molecular complexity index is 2410. The molecule has 8 aromatic carbocycles. The van der Waals surface area contributed by atoms with Crippen molar-refractivity contribution in [3.8, 4) is 22.3 Å². The van der Waals surface area contributed by atoms with Crippen LogP contribution in [0.2, 0.25) is 0 Å². The summed E-state index contributed by atoms with van der Waals surface area (Å²) in [6.45, 7) is 0. The maximum Gasteiger partial charge on any atom is 0.143 e. The molecule has 9 aromatic rings. The molecule has 190 valence electrons. The van der Waals surface area contributed by atoms with Gasteiger partial charge in [-0.15, -0.1) is 0 Å². The van der Waals surface area contributed by atoms with Crippen LogP contribution in [-0.4, -0.2) is 0 Å². The van der Waals surface area contributed by atoms with E-state index in [1.165, 1.54) is 54.6 Å². The first-order valence-corrected chi connectivity index (χ1v) is 14.1. The van der Waals surface area contributed by atoms with Gasteiger partial charge in [0, 0.05) is 21.5 Å². The lowest BCUT2D eigenvalue weighted by Crippen LogP contribution is -1.91. The van der Waals surface area contributed by atoms with Gasteiger partial charge in [-0.3, -0.25) is 0 Å². The summed E-state index contributed by atoms with van der Waals surface area (Å²) in [5.41, 5.74) is 6.92. The predicted molar refractivity (Wildman–Crippen MR) is 175 cm³/mol. The molecule has 1 heteroatoms. The number of benzene rings is 8. The van der Waals surface area contributed by atoms with Crippen LogP contribution < -0.4 is 0 Å². The summed E-state index contributed by atoms with van der Waals surface area (Å²) in [6.07, 6.45) is 0. The van der Waals surface area contributed by atoms with E-state index < -0.39 is 0 Å². The molecule has 0 aliphatic carbocycles. The summed E-state index contributed by atoms with van der Waals surface area (Å²) >= 11 is 0. The molecule has 1 aromatic heterocycles. The van der Waals surface area contributed by atoms with E-state index in [2.05, 4.69) is 146 Å². The minimum Gasteiger partial charge on any atom is -0.455 e. The van der Waals surface area contributed by atoms with E-state index in [0.717, 1.165) is 32.7 Å². The second-order valence-corrected chi connectivity index (χ2v) is 10.8. The molecule has 0 saturated carbocycles. The molecule has 0 saturated heterocycles. The van der Waals surface area contributed by atoms with Gasteiger partial charge in [0.25, 0.3) is 0 Å². The molecule has 0 amide bonds. The fraction of sp³-hybridized carbons (Fsp3) is 0. The summed E-state index contributed by atoms with van der Waals surface area (Å²) in [5.74, 6) is 0. The van der Waals surface area contributed by atoms with Crippen molar-refractivity contribution in [1.29, 1.82) is 0 Å². The van der Waals surface area contributed by atoms with E-state index in [1.54, 1.807) is 0 Å². The Kier molecular flexibility index (Phi) is 4.67. The van der Waals surface area contributed by atoms with Crippen LogP contribution in [0.15, 0.2) is 150 Å². The second-order valence-electron chi connectivity index (χ2n) is 10.8. The van der Waals surface area contributed by atoms with Crippen molar-refractivity contribution in [3.05, 3.63) is 146 Å². The summed E-state index contributed by atoms with van der Waals surface area (Å²) in [5, 5.41) is 12.0. The summed E-state index contributed by atoms with van der Waals surface area (Å²) in [4.78, 5) is 0. The Morgan fingerprint density at radius 3 is 1.49 bits per heavy atom. The van der Waals surface area contributed by atoms with Crippen LogP contribution in [0.4, 0.5) is 0 Å². The molecule has 0 radical (unpaired) electrons. The Balaban J connectivity index is 1.49. The van der Waals surface area contributed by atoms with E-state index in [1.807, 2.05) is 0 Å². The number of rotatable bonds is 2. The zero-order chi connectivity index (χ0) is 26.9. The minimum atomic E-state index is 0.949. The van der Waals surface area contributed by atoms with Crippen molar-refractivity contribution in [2.24, 2.45) is 0 Å². The summed E-state index contributed by atoms with van der Waals surface area (Å²) in [6, 6.07) is 52.5. The van der Waals surface area contributed by atoms with Crippen molar-refractivity contribution in [2.45, 2.75) is 0 Å². The number of fused-ring (bicyclic) bond motifs is 9. The van der Waals surface area contributed by atoms with Gasteiger partial charge in [-0.05, 0) is 66.7 Å². The van der Waals surface area contributed by atoms with Gasteiger partial charge in [-0.25, -0.2) is 0 Å². The quantitative estimate of drug-likeness (QED) is 0.207. The lowest BCUT2D eigenvalue weighted by molar-refractivity contribution is 0.676. The molecule has 0 spiro atoms. The smallest absolute Gasteiger partial charge is 0.143 e. The Hall–Kier alpha value is -5.40. The van der Waals surface area contributed by atoms with Crippen molar-refractivity contribution in [1.82, 2.24) is 0 Å². The van der Waals surface area contributed by atoms with Gasteiger partial charge in [-0.1, -0.05) is 133 Å². The molecule has 0 fully saturated rings. The monoisotopic (exact) mass is 520 g/mol. The highest BCUT2D eigenvalue weighted by atomic mass is 16.3. The molecule has 41 heavy (non-hydrogen) atoms. The van der Waals surface area contributed by atoms with Gasteiger partial charge in [0.1, 0.15) is 11.2 Å². The van der Waals surface area contributed by atoms with Crippen molar-refractivity contribution < 1.29 is 4.42 Å². The molecule has 1 heterocycles. The van der Waals surface area contributed by atoms with Gasteiger partial charge in [0.05, 0.1) is 0 Å².